The molecule has 1 atom stereocenters. The summed E-state index contributed by atoms with van der Waals surface area (Å²) in [6.45, 7) is 16.4. The first-order chi connectivity index (χ1) is 6.91. The van der Waals surface area contributed by atoms with Crippen LogP contribution in [0.1, 0.15) is 41.0 Å². The van der Waals surface area contributed by atoms with Crippen LogP contribution in [-0.4, -0.2) is 37.1 Å². The summed E-state index contributed by atoms with van der Waals surface area (Å²) in [6.07, 6.45) is 1.35. The van der Waals surface area contributed by atoms with E-state index in [2.05, 4.69) is 44.8 Å². The molecule has 1 aliphatic heterocycles. The Morgan fingerprint density at radius 3 is 2.33 bits per heavy atom. The average molecular weight is 212 g/mol. The Bertz CT molecular complexity index is 187. The van der Waals surface area contributed by atoms with Crippen LogP contribution in [0.5, 0.6) is 0 Å². The number of nitrogens with zero attached hydrogens (tertiary/aromatic N) is 1. The molecule has 0 spiro atoms. The first-order valence-corrected chi connectivity index (χ1v) is 6.35. The molecular formula is C13H28N2. The fraction of sp³-hybridized carbons (Fsp3) is 1.00. The summed E-state index contributed by atoms with van der Waals surface area (Å²) >= 11 is 0. The van der Waals surface area contributed by atoms with E-state index in [0.717, 1.165) is 19.0 Å². The predicted molar refractivity (Wildman–Crippen MR) is 67.1 cm³/mol. The van der Waals surface area contributed by atoms with Gasteiger partial charge in [-0.3, -0.25) is 4.90 Å². The van der Waals surface area contributed by atoms with E-state index in [1.54, 1.807) is 0 Å². The number of likely N-dealkylation sites (tertiary alicyclic amines) is 1. The molecule has 90 valence electrons. The van der Waals surface area contributed by atoms with Crippen LogP contribution in [-0.2, 0) is 0 Å². The Balaban J connectivity index is 2.21. The molecule has 2 heteroatoms. The molecule has 1 heterocycles. The summed E-state index contributed by atoms with van der Waals surface area (Å²) in [6, 6.07) is 0.686. The number of nitrogens with one attached hydrogen (secondary N) is 1. The molecule has 1 saturated heterocycles. The molecule has 2 nitrogen and oxygen atoms in total. The summed E-state index contributed by atoms with van der Waals surface area (Å²) in [7, 11) is 0. The SMILES string of the molecule is CC(C)CNCC(C)N1CCC(C)(C)C1. The molecule has 0 bridgehead atoms. The van der Waals surface area contributed by atoms with Crippen molar-refractivity contribution < 1.29 is 0 Å². The van der Waals surface area contributed by atoms with Crippen LogP contribution in [0.3, 0.4) is 0 Å². The highest BCUT2D eigenvalue weighted by Crippen LogP contribution is 2.29. The van der Waals surface area contributed by atoms with E-state index in [-0.39, 0.29) is 0 Å². The molecule has 0 aromatic rings. The van der Waals surface area contributed by atoms with Crippen molar-refractivity contribution in [1.82, 2.24) is 10.2 Å². The minimum absolute atomic E-state index is 0.534. The van der Waals surface area contributed by atoms with E-state index in [1.165, 1.54) is 19.5 Å². The molecule has 0 aliphatic carbocycles. The van der Waals surface area contributed by atoms with E-state index in [4.69, 9.17) is 0 Å². The summed E-state index contributed by atoms with van der Waals surface area (Å²) in [5.74, 6) is 0.757. The van der Waals surface area contributed by atoms with Crippen LogP contribution < -0.4 is 5.32 Å². The van der Waals surface area contributed by atoms with Gasteiger partial charge in [0.25, 0.3) is 0 Å². The van der Waals surface area contributed by atoms with E-state index in [1.807, 2.05) is 0 Å². The van der Waals surface area contributed by atoms with Crippen molar-refractivity contribution in [2.75, 3.05) is 26.2 Å². The number of rotatable bonds is 5. The molecule has 1 unspecified atom stereocenters. The standard InChI is InChI=1S/C13H28N2/c1-11(2)8-14-9-12(3)15-7-6-13(4,5)10-15/h11-12,14H,6-10H2,1-5H3. The lowest BCUT2D eigenvalue weighted by Gasteiger charge is -2.26. The summed E-state index contributed by atoms with van der Waals surface area (Å²) < 4.78 is 0. The Hall–Kier alpha value is -0.0800. The zero-order valence-corrected chi connectivity index (χ0v) is 11.1. The Labute approximate surface area is 95.4 Å². The normalized spacial score (nSPS) is 23.6. The van der Waals surface area contributed by atoms with Crippen molar-refractivity contribution in [2.45, 2.75) is 47.1 Å². The van der Waals surface area contributed by atoms with Crippen LogP contribution in [0.15, 0.2) is 0 Å². The van der Waals surface area contributed by atoms with Crippen molar-refractivity contribution in [1.29, 1.82) is 0 Å². The highest BCUT2D eigenvalue weighted by molar-refractivity contribution is 4.85. The van der Waals surface area contributed by atoms with E-state index >= 15 is 0 Å². The molecule has 0 amide bonds. The molecule has 0 saturated carbocycles. The third kappa shape index (κ3) is 4.52. The maximum Gasteiger partial charge on any atom is 0.0192 e. The quantitative estimate of drug-likeness (QED) is 0.752. The van der Waals surface area contributed by atoms with Gasteiger partial charge in [0, 0.05) is 19.1 Å². The summed E-state index contributed by atoms with van der Waals surface area (Å²) in [5, 5.41) is 3.55. The maximum absolute atomic E-state index is 3.55. The Morgan fingerprint density at radius 1 is 1.20 bits per heavy atom. The van der Waals surface area contributed by atoms with E-state index in [0.29, 0.717) is 11.5 Å². The third-order valence-corrected chi connectivity index (χ3v) is 3.32. The van der Waals surface area contributed by atoms with Gasteiger partial charge in [0.15, 0.2) is 0 Å². The third-order valence-electron chi connectivity index (χ3n) is 3.32. The van der Waals surface area contributed by atoms with Gasteiger partial charge in [-0.05, 0) is 37.8 Å². The lowest BCUT2D eigenvalue weighted by atomic mass is 9.93. The number of hydrogen-bond acceptors (Lipinski definition) is 2. The molecule has 1 fully saturated rings. The van der Waals surface area contributed by atoms with Gasteiger partial charge in [-0.2, -0.15) is 0 Å². The number of hydrogen-bond donors (Lipinski definition) is 1. The van der Waals surface area contributed by atoms with Gasteiger partial charge >= 0.3 is 0 Å². The topological polar surface area (TPSA) is 15.3 Å². The van der Waals surface area contributed by atoms with Crippen molar-refractivity contribution in [3.05, 3.63) is 0 Å². The fourth-order valence-corrected chi connectivity index (χ4v) is 2.24. The van der Waals surface area contributed by atoms with Gasteiger partial charge in [-0.1, -0.05) is 27.7 Å². The van der Waals surface area contributed by atoms with Crippen LogP contribution >= 0.6 is 0 Å². The lowest BCUT2D eigenvalue weighted by Crippen LogP contribution is -2.40. The van der Waals surface area contributed by atoms with Gasteiger partial charge in [0.05, 0.1) is 0 Å². The highest BCUT2D eigenvalue weighted by Gasteiger charge is 2.31. The minimum atomic E-state index is 0.534. The maximum atomic E-state index is 3.55. The smallest absolute Gasteiger partial charge is 0.0192 e. The summed E-state index contributed by atoms with van der Waals surface area (Å²) in [4.78, 5) is 2.62. The van der Waals surface area contributed by atoms with Crippen molar-refractivity contribution >= 4 is 0 Å². The monoisotopic (exact) mass is 212 g/mol. The van der Waals surface area contributed by atoms with Crippen molar-refractivity contribution in [3.8, 4) is 0 Å². The second-order valence-electron chi connectivity index (χ2n) is 6.29. The highest BCUT2D eigenvalue weighted by atomic mass is 15.2. The molecule has 0 aromatic carbocycles. The van der Waals surface area contributed by atoms with Gasteiger partial charge < -0.3 is 5.32 Å². The van der Waals surface area contributed by atoms with Crippen LogP contribution in [0.25, 0.3) is 0 Å². The van der Waals surface area contributed by atoms with Crippen molar-refractivity contribution in [2.24, 2.45) is 11.3 Å². The van der Waals surface area contributed by atoms with Crippen LogP contribution in [0.4, 0.5) is 0 Å². The van der Waals surface area contributed by atoms with Gasteiger partial charge in [-0.25, -0.2) is 0 Å². The van der Waals surface area contributed by atoms with Crippen molar-refractivity contribution in [3.63, 3.8) is 0 Å². The Kier molecular flexibility index (Phi) is 4.60. The second kappa shape index (κ2) is 5.31. The molecule has 0 radical (unpaired) electrons. The van der Waals surface area contributed by atoms with E-state index < -0.39 is 0 Å². The zero-order valence-electron chi connectivity index (χ0n) is 11.1. The minimum Gasteiger partial charge on any atom is -0.315 e. The molecule has 1 N–H and O–H groups in total. The molecule has 0 aromatic heterocycles. The molecule has 15 heavy (non-hydrogen) atoms. The van der Waals surface area contributed by atoms with Gasteiger partial charge in [0.2, 0.25) is 0 Å². The first kappa shape index (κ1) is 13.0. The molecular weight excluding hydrogens is 184 g/mol. The molecule has 1 aliphatic rings. The van der Waals surface area contributed by atoms with Crippen LogP contribution in [0, 0.1) is 11.3 Å². The van der Waals surface area contributed by atoms with Gasteiger partial charge in [0.1, 0.15) is 0 Å². The Morgan fingerprint density at radius 2 is 1.87 bits per heavy atom. The second-order valence-corrected chi connectivity index (χ2v) is 6.29. The lowest BCUT2D eigenvalue weighted by molar-refractivity contribution is 0.224. The summed E-state index contributed by atoms with van der Waals surface area (Å²) in [5.41, 5.74) is 0.534. The largest absolute Gasteiger partial charge is 0.315 e. The average Bonchev–Trinajstić information content (AvgIpc) is 2.45. The van der Waals surface area contributed by atoms with E-state index in [9.17, 15) is 0 Å². The fourth-order valence-electron chi connectivity index (χ4n) is 2.24. The zero-order chi connectivity index (χ0) is 11.5. The predicted octanol–water partition coefficient (Wildman–Crippen LogP) is 2.35. The van der Waals surface area contributed by atoms with Crippen LogP contribution in [0.2, 0.25) is 0 Å². The molecule has 1 rings (SSSR count). The first-order valence-electron chi connectivity index (χ1n) is 6.35. The van der Waals surface area contributed by atoms with Gasteiger partial charge in [-0.15, -0.1) is 0 Å².